The number of allylic oxidation sites excluding steroid dienone is 1. The molecule has 0 bridgehead atoms. The maximum atomic E-state index is 12.7. The van der Waals surface area contributed by atoms with Crippen molar-refractivity contribution in [2.45, 2.75) is 26.9 Å². The van der Waals surface area contributed by atoms with Crippen molar-refractivity contribution in [2.24, 2.45) is 4.99 Å². The minimum absolute atomic E-state index is 0.206. The van der Waals surface area contributed by atoms with E-state index in [0.717, 1.165) is 32.4 Å². The topological polar surface area (TPSA) is 59.9 Å². The summed E-state index contributed by atoms with van der Waals surface area (Å²) in [5.41, 5.74) is 4.38. The Morgan fingerprint density at radius 2 is 1.95 bits per heavy atom. The molecule has 0 radical (unpaired) electrons. The standard InChI is InChI=1S/C29H26BrClN2O3S/c1-4-7-21-14-20(15-25(35-5-2)27(21)36-17-19-10-12-22(30)13-11-19)16-26-28(34)33-29(37-26)32-24-9-6-8-23(31)18(24)3/h4,6,8-16H,1,5,7,17H2,2-3H3,(H,32,33,34)/b26-16+. The third-order valence-electron chi connectivity index (χ3n) is 5.52. The van der Waals surface area contributed by atoms with Gasteiger partial charge in [-0.05, 0) is 91.2 Å². The Hall–Kier alpha value is -3.00. The van der Waals surface area contributed by atoms with Gasteiger partial charge in [0.1, 0.15) is 6.61 Å². The highest BCUT2D eigenvalue weighted by atomic mass is 79.9. The van der Waals surface area contributed by atoms with Gasteiger partial charge in [0.15, 0.2) is 16.7 Å². The summed E-state index contributed by atoms with van der Waals surface area (Å²) in [6.07, 6.45) is 4.25. The van der Waals surface area contributed by atoms with Gasteiger partial charge < -0.3 is 14.8 Å². The lowest BCUT2D eigenvalue weighted by atomic mass is 10.0. The van der Waals surface area contributed by atoms with E-state index in [1.54, 1.807) is 0 Å². The average Bonchev–Trinajstić information content (AvgIpc) is 3.21. The molecule has 1 N–H and O–H groups in total. The lowest BCUT2D eigenvalue weighted by Crippen LogP contribution is -2.19. The maximum absolute atomic E-state index is 12.7. The fourth-order valence-electron chi connectivity index (χ4n) is 3.70. The molecule has 8 heteroatoms. The van der Waals surface area contributed by atoms with Gasteiger partial charge in [0.05, 0.1) is 17.2 Å². The summed E-state index contributed by atoms with van der Waals surface area (Å²) in [5.74, 6) is 1.09. The smallest absolute Gasteiger partial charge is 0.264 e. The average molecular weight is 598 g/mol. The van der Waals surface area contributed by atoms with Gasteiger partial charge >= 0.3 is 0 Å². The van der Waals surface area contributed by atoms with E-state index in [-0.39, 0.29) is 5.91 Å². The molecule has 4 rings (SSSR count). The minimum atomic E-state index is -0.206. The zero-order chi connectivity index (χ0) is 26.4. The number of amides is 1. The number of amidine groups is 1. The highest BCUT2D eigenvalue weighted by molar-refractivity contribution is 9.10. The number of hydrogen-bond acceptors (Lipinski definition) is 5. The lowest BCUT2D eigenvalue weighted by molar-refractivity contribution is -0.115. The number of aliphatic imine (C=N–C) groups is 1. The van der Waals surface area contributed by atoms with Gasteiger partial charge in [-0.3, -0.25) is 4.79 Å². The normalized spacial score (nSPS) is 15.2. The van der Waals surface area contributed by atoms with Crippen molar-refractivity contribution in [2.75, 3.05) is 6.61 Å². The lowest BCUT2D eigenvalue weighted by Gasteiger charge is -2.17. The molecule has 190 valence electrons. The van der Waals surface area contributed by atoms with Crippen molar-refractivity contribution < 1.29 is 14.3 Å². The second-order valence-corrected chi connectivity index (χ2v) is 10.6. The number of benzene rings is 3. The molecule has 1 aliphatic rings. The van der Waals surface area contributed by atoms with Crippen LogP contribution in [0, 0.1) is 6.92 Å². The summed E-state index contributed by atoms with van der Waals surface area (Å²) in [5, 5.41) is 3.98. The summed E-state index contributed by atoms with van der Waals surface area (Å²) in [7, 11) is 0. The van der Waals surface area contributed by atoms with Crippen molar-refractivity contribution >= 4 is 62.1 Å². The number of nitrogens with zero attached hydrogens (tertiary/aromatic N) is 1. The summed E-state index contributed by atoms with van der Waals surface area (Å²) < 4.78 is 13.2. The molecule has 37 heavy (non-hydrogen) atoms. The van der Waals surface area contributed by atoms with E-state index in [2.05, 4.69) is 32.8 Å². The third-order valence-corrected chi connectivity index (χ3v) is 7.37. The highest BCUT2D eigenvalue weighted by Crippen LogP contribution is 2.37. The maximum Gasteiger partial charge on any atom is 0.264 e. The molecule has 1 aliphatic heterocycles. The van der Waals surface area contributed by atoms with Crippen molar-refractivity contribution in [3.8, 4) is 11.5 Å². The molecule has 5 nitrogen and oxygen atoms in total. The molecule has 0 atom stereocenters. The van der Waals surface area contributed by atoms with E-state index in [1.165, 1.54) is 11.8 Å². The van der Waals surface area contributed by atoms with Crippen LogP contribution in [0.1, 0.15) is 29.2 Å². The van der Waals surface area contributed by atoms with Gasteiger partial charge in [-0.25, -0.2) is 4.99 Å². The van der Waals surface area contributed by atoms with Crippen LogP contribution < -0.4 is 14.8 Å². The summed E-state index contributed by atoms with van der Waals surface area (Å²) in [6.45, 7) is 8.61. The number of ether oxygens (including phenoxy) is 2. The molecular formula is C29H26BrClN2O3S. The van der Waals surface area contributed by atoms with Crippen molar-refractivity contribution in [1.82, 2.24) is 5.32 Å². The number of rotatable bonds is 9. The molecule has 3 aromatic carbocycles. The van der Waals surface area contributed by atoms with Crippen LogP contribution in [-0.4, -0.2) is 17.7 Å². The van der Waals surface area contributed by atoms with Crippen molar-refractivity contribution in [3.05, 3.63) is 104 Å². The predicted octanol–water partition coefficient (Wildman–Crippen LogP) is 8.01. The molecule has 0 unspecified atom stereocenters. The van der Waals surface area contributed by atoms with Gasteiger partial charge in [0.25, 0.3) is 5.91 Å². The Labute approximate surface area is 234 Å². The van der Waals surface area contributed by atoms with Gasteiger partial charge in [-0.15, -0.1) is 6.58 Å². The van der Waals surface area contributed by atoms with E-state index in [4.69, 9.17) is 21.1 Å². The molecular weight excluding hydrogens is 572 g/mol. The first kappa shape index (κ1) is 27.0. The van der Waals surface area contributed by atoms with Crippen LogP contribution in [0.25, 0.3) is 6.08 Å². The van der Waals surface area contributed by atoms with Gasteiger partial charge in [-0.2, -0.15) is 0 Å². The Morgan fingerprint density at radius 3 is 2.68 bits per heavy atom. The number of thioether (sulfide) groups is 1. The SMILES string of the molecule is C=CCc1cc(/C=C2/SC(=Nc3cccc(Cl)c3C)NC2=O)cc(OCC)c1OCc1ccc(Br)cc1. The van der Waals surface area contributed by atoms with Gasteiger partial charge in [0.2, 0.25) is 0 Å². The molecule has 1 saturated heterocycles. The monoisotopic (exact) mass is 596 g/mol. The molecule has 0 aliphatic carbocycles. The second-order valence-electron chi connectivity index (χ2n) is 8.21. The van der Waals surface area contributed by atoms with E-state index in [1.807, 2.05) is 80.6 Å². The van der Waals surface area contributed by atoms with Crippen LogP contribution in [0.2, 0.25) is 5.02 Å². The third kappa shape index (κ3) is 6.86. The largest absolute Gasteiger partial charge is 0.490 e. The highest BCUT2D eigenvalue weighted by Gasteiger charge is 2.24. The van der Waals surface area contributed by atoms with Crippen LogP contribution in [0.3, 0.4) is 0 Å². The fraction of sp³-hybridized carbons (Fsp3) is 0.172. The van der Waals surface area contributed by atoms with Crippen LogP contribution in [0.15, 0.2) is 81.6 Å². The summed E-state index contributed by atoms with van der Waals surface area (Å²) in [6, 6.07) is 17.4. The number of nitrogens with one attached hydrogen (secondary N) is 1. The summed E-state index contributed by atoms with van der Waals surface area (Å²) >= 11 is 11.0. The summed E-state index contributed by atoms with van der Waals surface area (Å²) in [4.78, 5) is 17.8. The molecule has 1 amide bonds. The molecule has 0 aromatic heterocycles. The fourth-order valence-corrected chi connectivity index (χ4v) is 4.96. The van der Waals surface area contributed by atoms with E-state index in [9.17, 15) is 4.79 Å². The number of halogens is 2. The molecule has 3 aromatic rings. The van der Waals surface area contributed by atoms with Crippen molar-refractivity contribution in [3.63, 3.8) is 0 Å². The van der Waals surface area contributed by atoms with Crippen LogP contribution in [-0.2, 0) is 17.8 Å². The van der Waals surface area contributed by atoms with Gasteiger partial charge in [-0.1, -0.05) is 51.8 Å². The van der Waals surface area contributed by atoms with Crippen LogP contribution >= 0.6 is 39.3 Å². The van der Waals surface area contributed by atoms with Gasteiger partial charge in [0, 0.05) is 15.1 Å². The molecule has 1 heterocycles. The Morgan fingerprint density at radius 1 is 1.16 bits per heavy atom. The molecule has 0 spiro atoms. The Bertz CT molecular complexity index is 1390. The van der Waals surface area contributed by atoms with E-state index < -0.39 is 0 Å². The predicted molar refractivity (Wildman–Crippen MR) is 157 cm³/mol. The van der Waals surface area contributed by atoms with Crippen LogP contribution in [0.4, 0.5) is 5.69 Å². The zero-order valence-electron chi connectivity index (χ0n) is 20.5. The van der Waals surface area contributed by atoms with Crippen molar-refractivity contribution in [1.29, 1.82) is 0 Å². The Balaban J connectivity index is 1.63. The first-order chi connectivity index (χ1) is 17.9. The minimum Gasteiger partial charge on any atom is -0.490 e. The molecule has 1 fully saturated rings. The number of hydrogen-bond donors (Lipinski definition) is 1. The number of carbonyl (C=O) groups is 1. The van der Waals surface area contributed by atoms with Crippen LogP contribution in [0.5, 0.6) is 11.5 Å². The first-order valence-electron chi connectivity index (χ1n) is 11.7. The number of carbonyl (C=O) groups excluding carboxylic acids is 1. The quantitative estimate of drug-likeness (QED) is 0.201. The molecule has 0 saturated carbocycles. The Kier molecular flexibility index (Phi) is 9.14. The van der Waals surface area contributed by atoms with E-state index in [0.29, 0.717) is 46.2 Å². The second kappa shape index (κ2) is 12.5. The first-order valence-corrected chi connectivity index (χ1v) is 13.7. The van der Waals surface area contributed by atoms with E-state index >= 15 is 0 Å². The zero-order valence-corrected chi connectivity index (χ0v) is 23.7.